The van der Waals surface area contributed by atoms with Crippen LogP contribution in [0.3, 0.4) is 0 Å². The molecule has 86 valence electrons. The van der Waals surface area contributed by atoms with Gasteiger partial charge in [-0.15, -0.1) is 0 Å². The lowest BCUT2D eigenvalue weighted by Gasteiger charge is -2.28. The summed E-state index contributed by atoms with van der Waals surface area (Å²) in [5, 5.41) is 0. The van der Waals surface area contributed by atoms with E-state index in [1.54, 1.807) is 0 Å². The molecule has 0 unspecified atom stereocenters. The zero-order valence-electron chi connectivity index (χ0n) is 8.78. The third-order valence-electron chi connectivity index (χ3n) is 2.41. The summed E-state index contributed by atoms with van der Waals surface area (Å²) < 4.78 is 30.3. The zero-order valence-corrected chi connectivity index (χ0v) is 8.78. The van der Waals surface area contributed by atoms with Crippen molar-refractivity contribution in [1.29, 1.82) is 0 Å². The molecule has 0 aromatic rings. The minimum atomic E-state index is -3.67. The molecule has 0 N–H and O–H groups in total. The van der Waals surface area contributed by atoms with Gasteiger partial charge in [-0.25, -0.2) is 0 Å². The molecule has 1 saturated heterocycles. The van der Waals surface area contributed by atoms with Crippen molar-refractivity contribution in [3.8, 4) is 0 Å². The Kier molecular flexibility index (Phi) is 9.35. The fourth-order valence-electron chi connectivity index (χ4n) is 1.86. The minimum Gasteiger partial charge on any atom is -1.00 e. The van der Waals surface area contributed by atoms with Crippen molar-refractivity contribution in [1.82, 2.24) is 0 Å². The normalized spacial score (nSPS) is 17.8. The van der Waals surface area contributed by atoms with E-state index >= 15 is 0 Å². The largest absolute Gasteiger partial charge is 1.00 e. The number of nitrogens with zero attached hydrogens (tertiary/aromatic N) is 1. The lowest BCUT2D eigenvalue weighted by molar-refractivity contribution is -0.897. The zero-order chi connectivity index (χ0) is 10.3. The third-order valence-corrected chi connectivity index (χ3v) is 2.41. The predicted octanol–water partition coefficient (Wildman–Crippen LogP) is -0.479. The van der Waals surface area contributed by atoms with E-state index in [9.17, 15) is 12.9 Å². The van der Waals surface area contributed by atoms with Gasteiger partial charge in [0.15, 0.2) is 0 Å². The number of halogens is 4. The van der Waals surface area contributed by atoms with Crippen molar-refractivity contribution in [2.75, 3.05) is 26.7 Å². The lowest BCUT2D eigenvalue weighted by Crippen LogP contribution is -3.00. The molecule has 1 rings (SSSR count). The van der Waals surface area contributed by atoms with Gasteiger partial charge in [-0.2, -0.15) is 0 Å². The molecule has 1 aliphatic rings. The second kappa shape index (κ2) is 8.09. The van der Waals surface area contributed by atoms with E-state index in [-0.39, 0.29) is 4.70 Å². The Morgan fingerprint density at radius 2 is 1.50 bits per heavy atom. The summed E-state index contributed by atoms with van der Waals surface area (Å²) >= 11 is 0. The summed E-state index contributed by atoms with van der Waals surface area (Å²) in [7, 11) is -1.28. The molecular formula is C8H18BF4N. The Morgan fingerprint density at radius 1 is 1.14 bits per heavy atom. The Morgan fingerprint density at radius 3 is 1.79 bits per heavy atom. The van der Waals surface area contributed by atoms with E-state index in [1.165, 1.54) is 43.4 Å². The number of rotatable bonds is 2. The maximum Gasteiger partial charge on any atom is 0.762 e. The van der Waals surface area contributed by atoms with E-state index < -0.39 is 7.54 Å². The van der Waals surface area contributed by atoms with Crippen molar-refractivity contribution in [2.45, 2.75) is 26.2 Å². The fourth-order valence-corrected chi connectivity index (χ4v) is 1.86. The molecule has 1 aliphatic heterocycles. The molecule has 1 fully saturated rings. The van der Waals surface area contributed by atoms with Crippen LogP contribution < -0.4 is 4.70 Å². The van der Waals surface area contributed by atoms with Crippen LogP contribution >= 0.6 is 0 Å². The van der Waals surface area contributed by atoms with Gasteiger partial charge in [0.2, 0.25) is 0 Å². The van der Waals surface area contributed by atoms with Crippen LogP contribution in [-0.4, -0.2) is 38.7 Å². The van der Waals surface area contributed by atoms with Crippen LogP contribution in [0.15, 0.2) is 0 Å². The Bertz CT molecular complexity index is 126. The molecule has 0 aromatic carbocycles. The van der Waals surface area contributed by atoms with Crippen LogP contribution in [0.1, 0.15) is 26.2 Å². The highest BCUT2D eigenvalue weighted by Crippen LogP contribution is 2.15. The van der Waals surface area contributed by atoms with E-state index in [0.29, 0.717) is 0 Å². The summed E-state index contributed by atoms with van der Waals surface area (Å²) in [5.74, 6) is 0. The lowest BCUT2D eigenvalue weighted by atomic mass is 10.4. The monoisotopic (exact) mass is 215 g/mol. The quantitative estimate of drug-likeness (QED) is 0.331. The van der Waals surface area contributed by atoms with Gasteiger partial charge in [0.05, 0.1) is 26.7 Å². The molecule has 0 aliphatic carbocycles. The van der Waals surface area contributed by atoms with E-state index in [1.807, 2.05) is 0 Å². The molecule has 0 bridgehead atoms. The fraction of sp³-hybridized carbons (Fsp3) is 1.00. The van der Waals surface area contributed by atoms with Crippen molar-refractivity contribution >= 4 is 7.54 Å². The van der Waals surface area contributed by atoms with Gasteiger partial charge in [-0.05, 0) is 6.42 Å². The highest BCUT2D eigenvalue weighted by Gasteiger charge is 2.24. The Balaban J connectivity index is 0. The summed E-state index contributed by atoms with van der Waals surface area (Å²) in [4.78, 5) is 0. The maximum atomic E-state index is 9.67. The van der Waals surface area contributed by atoms with Gasteiger partial charge in [0.25, 0.3) is 0 Å². The van der Waals surface area contributed by atoms with Crippen LogP contribution in [0.2, 0.25) is 0 Å². The van der Waals surface area contributed by atoms with Crippen LogP contribution in [0, 0.1) is 0 Å². The average Bonchev–Trinajstić information content (AvgIpc) is 2.35. The summed E-state index contributed by atoms with van der Waals surface area (Å²) in [6.45, 7) is 6.52. The van der Waals surface area contributed by atoms with Crippen molar-refractivity contribution < 1.29 is 22.1 Å². The number of likely N-dealkylation sites (tertiary alicyclic amines) is 1. The van der Waals surface area contributed by atoms with Gasteiger partial charge < -0.3 is 9.19 Å². The smallest absolute Gasteiger partial charge is 0.762 e. The molecular weight excluding hydrogens is 197 g/mol. The Labute approximate surface area is 83.5 Å². The predicted molar refractivity (Wildman–Crippen MR) is 49.4 cm³/mol. The van der Waals surface area contributed by atoms with Gasteiger partial charge in [0.1, 0.15) is 0 Å². The van der Waals surface area contributed by atoms with Gasteiger partial charge >= 0.3 is 7.54 Å². The average molecular weight is 215 g/mol. The minimum absolute atomic E-state index is 0. The summed E-state index contributed by atoms with van der Waals surface area (Å²) in [6, 6.07) is 0. The summed E-state index contributed by atoms with van der Waals surface area (Å²) in [5.41, 5.74) is 0. The first-order valence-corrected chi connectivity index (χ1v) is 4.76. The maximum absolute atomic E-state index is 9.67. The van der Waals surface area contributed by atoms with Gasteiger partial charge in [-0.3, -0.25) is 12.9 Å². The molecule has 1 nitrogen and oxygen atoms in total. The van der Waals surface area contributed by atoms with Crippen LogP contribution in [0.4, 0.5) is 12.9 Å². The van der Waals surface area contributed by atoms with Crippen LogP contribution in [-0.2, 0) is 0 Å². The molecule has 0 atom stereocenters. The standard InChI is InChI=1S/C8H18N.BF3.FH/c1-3-6-9(2)7-4-5-8-9;2-1(3)4;/h3-8H2,1-2H3;;1H/q+1;;/p-1. The number of quaternary nitrogens is 1. The highest BCUT2D eigenvalue weighted by molar-refractivity contribution is 6.33. The van der Waals surface area contributed by atoms with Gasteiger partial charge in [0, 0.05) is 12.8 Å². The van der Waals surface area contributed by atoms with Crippen molar-refractivity contribution in [2.24, 2.45) is 0 Å². The van der Waals surface area contributed by atoms with E-state index in [0.717, 1.165) is 0 Å². The van der Waals surface area contributed by atoms with Crippen molar-refractivity contribution in [3.63, 3.8) is 0 Å². The summed E-state index contributed by atoms with van der Waals surface area (Å²) in [6.07, 6.45) is 4.25. The van der Waals surface area contributed by atoms with Crippen molar-refractivity contribution in [3.05, 3.63) is 0 Å². The number of hydrogen-bond acceptors (Lipinski definition) is 0. The number of hydrogen-bond donors (Lipinski definition) is 0. The molecule has 6 heteroatoms. The second-order valence-electron chi connectivity index (χ2n) is 3.74. The molecule has 0 radical (unpaired) electrons. The molecule has 0 aromatic heterocycles. The SMILES string of the molecule is CCC[N+]1(C)CCCC1.FB(F)F.[F-]. The van der Waals surface area contributed by atoms with E-state index in [4.69, 9.17) is 0 Å². The first-order chi connectivity index (χ1) is 6.00. The third kappa shape index (κ3) is 8.35. The first-order valence-electron chi connectivity index (χ1n) is 4.76. The Hall–Kier alpha value is -0.255. The molecule has 0 amide bonds. The van der Waals surface area contributed by atoms with Crippen LogP contribution in [0.25, 0.3) is 0 Å². The molecule has 0 saturated carbocycles. The molecule has 14 heavy (non-hydrogen) atoms. The molecule has 1 heterocycles. The van der Waals surface area contributed by atoms with E-state index in [2.05, 4.69) is 14.0 Å². The first kappa shape index (κ1) is 16.2. The van der Waals surface area contributed by atoms with Gasteiger partial charge in [-0.1, -0.05) is 6.92 Å². The van der Waals surface area contributed by atoms with Crippen LogP contribution in [0.5, 0.6) is 0 Å². The second-order valence-corrected chi connectivity index (χ2v) is 3.74. The highest BCUT2D eigenvalue weighted by atomic mass is 19.4. The topological polar surface area (TPSA) is 0 Å². The molecule has 0 spiro atoms.